The summed E-state index contributed by atoms with van der Waals surface area (Å²) in [5.41, 5.74) is 1.29. The molecule has 0 radical (unpaired) electrons. The number of benzene rings is 2. The summed E-state index contributed by atoms with van der Waals surface area (Å²) in [4.78, 5) is 35.9. The summed E-state index contributed by atoms with van der Waals surface area (Å²) < 4.78 is 37.5. The topological polar surface area (TPSA) is 165 Å². The first kappa shape index (κ1) is 25.7. The number of hydrogen-bond donors (Lipinski definition) is 3. The minimum atomic E-state index is -4.05. The van der Waals surface area contributed by atoms with E-state index in [4.69, 9.17) is 8.92 Å². The SMILES string of the molecule is Cc1ccc(S(=O)(=O)OC[C@H]2O[C@@H](n3cnc4c(=O)[nH]c(NC(=O)Cc5ccccc5)nc43)C[C@@H]2O)cc1. The minimum absolute atomic E-state index is 0.00185. The number of aromatic nitrogens is 4. The van der Waals surface area contributed by atoms with E-state index in [0.717, 1.165) is 11.1 Å². The fourth-order valence-electron chi connectivity index (χ4n) is 4.12. The van der Waals surface area contributed by atoms with Crippen molar-refractivity contribution < 1.29 is 27.2 Å². The molecule has 1 aliphatic heterocycles. The van der Waals surface area contributed by atoms with Crippen LogP contribution >= 0.6 is 0 Å². The molecule has 38 heavy (non-hydrogen) atoms. The van der Waals surface area contributed by atoms with E-state index in [1.54, 1.807) is 12.1 Å². The van der Waals surface area contributed by atoms with Crippen LogP contribution in [0.3, 0.4) is 0 Å². The maximum atomic E-state index is 12.6. The zero-order valence-electron chi connectivity index (χ0n) is 20.3. The number of aromatic amines is 1. The Morgan fingerprint density at radius 2 is 1.95 bits per heavy atom. The van der Waals surface area contributed by atoms with Gasteiger partial charge in [0, 0.05) is 6.42 Å². The van der Waals surface area contributed by atoms with Crippen LogP contribution in [0.5, 0.6) is 0 Å². The van der Waals surface area contributed by atoms with Crippen molar-refractivity contribution in [1.82, 2.24) is 19.5 Å². The Balaban J connectivity index is 1.29. The molecule has 5 rings (SSSR count). The van der Waals surface area contributed by atoms with Crippen molar-refractivity contribution in [2.24, 2.45) is 0 Å². The zero-order chi connectivity index (χ0) is 26.9. The summed E-state index contributed by atoms with van der Waals surface area (Å²) in [6.45, 7) is 1.43. The van der Waals surface area contributed by atoms with Gasteiger partial charge in [0.1, 0.15) is 12.3 Å². The van der Waals surface area contributed by atoms with Crippen molar-refractivity contribution in [2.45, 2.75) is 43.1 Å². The number of nitrogens with zero attached hydrogens (tertiary/aromatic N) is 3. The molecule has 0 aliphatic carbocycles. The van der Waals surface area contributed by atoms with Crippen LogP contribution in [0.25, 0.3) is 11.2 Å². The van der Waals surface area contributed by atoms with Crippen molar-refractivity contribution in [2.75, 3.05) is 11.9 Å². The molecule has 3 atom stereocenters. The van der Waals surface area contributed by atoms with Gasteiger partial charge in [0.2, 0.25) is 11.9 Å². The Kier molecular flexibility index (Phi) is 7.08. The second kappa shape index (κ2) is 10.5. The second-order valence-corrected chi connectivity index (χ2v) is 10.5. The number of ether oxygens (including phenoxy) is 1. The van der Waals surface area contributed by atoms with Crippen molar-refractivity contribution in [1.29, 1.82) is 0 Å². The molecule has 1 saturated heterocycles. The first-order chi connectivity index (χ1) is 18.2. The number of anilines is 1. The summed E-state index contributed by atoms with van der Waals surface area (Å²) in [7, 11) is -4.05. The number of hydrogen-bond acceptors (Lipinski definition) is 9. The molecule has 4 aromatic rings. The molecule has 0 unspecified atom stereocenters. The van der Waals surface area contributed by atoms with Crippen LogP contribution in [-0.4, -0.2) is 57.8 Å². The van der Waals surface area contributed by atoms with Gasteiger partial charge in [0.05, 0.1) is 30.4 Å². The van der Waals surface area contributed by atoms with E-state index < -0.39 is 40.7 Å². The van der Waals surface area contributed by atoms with Crippen LogP contribution in [0.1, 0.15) is 23.8 Å². The van der Waals surface area contributed by atoms with Gasteiger partial charge >= 0.3 is 0 Å². The highest BCUT2D eigenvalue weighted by Crippen LogP contribution is 2.31. The lowest BCUT2D eigenvalue weighted by Gasteiger charge is -2.16. The quantitative estimate of drug-likeness (QED) is 0.282. The van der Waals surface area contributed by atoms with Gasteiger partial charge in [-0.25, -0.2) is 4.98 Å². The Morgan fingerprint density at radius 1 is 1.21 bits per heavy atom. The molecule has 1 aliphatic rings. The highest BCUT2D eigenvalue weighted by Gasteiger charge is 2.37. The number of rotatable bonds is 8. The lowest BCUT2D eigenvalue weighted by molar-refractivity contribution is -0.115. The number of imidazole rings is 1. The number of aliphatic hydroxyl groups is 1. The highest BCUT2D eigenvalue weighted by molar-refractivity contribution is 7.86. The first-order valence-corrected chi connectivity index (χ1v) is 13.2. The molecule has 13 heteroatoms. The lowest BCUT2D eigenvalue weighted by Crippen LogP contribution is -2.28. The van der Waals surface area contributed by atoms with E-state index >= 15 is 0 Å². The van der Waals surface area contributed by atoms with Crippen LogP contribution in [0, 0.1) is 6.92 Å². The van der Waals surface area contributed by atoms with E-state index in [2.05, 4.69) is 20.3 Å². The average Bonchev–Trinajstić information content (AvgIpc) is 3.47. The van der Waals surface area contributed by atoms with Crippen molar-refractivity contribution in [3.05, 3.63) is 82.4 Å². The second-order valence-electron chi connectivity index (χ2n) is 8.93. The number of aryl methyl sites for hydroxylation is 1. The monoisotopic (exact) mass is 539 g/mol. The Morgan fingerprint density at radius 3 is 2.68 bits per heavy atom. The maximum absolute atomic E-state index is 12.6. The number of H-pyrrole nitrogens is 1. The number of amides is 1. The molecule has 2 aromatic carbocycles. The fraction of sp³-hybridized carbons (Fsp3) is 0.280. The third kappa shape index (κ3) is 5.50. The van der Waals surface area contributed by atoms with E-state index in [1.807, 2.05) is 37.3 Å². The molecule has 0 saturated carbocycles. The Hall–Kier alpha value is -3.91. The molecule has 1 amide bonds. The molecule has 3 heterocycles. The summed E-state index contributed by atoms with van der Waals surface area (Å²) in [6.07, 6.45) is -1.29. The third-order valence-electron chi connectivity index (χ3n) is 6.11. The lowest BCUT2D eigenvalue weighted by atomic mass is 10.1. The molecule has 0 spiro atoms. The number of carbonyl (C=O) groups is 1. The van der Waals surface area contributed by atoms with E-state index in [9.17, 15) is 23.1 Å². The number of nitrogens with one attached hydrogen (secondary N) is 2. The van der Waals surface area contributed by atoms with Gasteiger partial charge in [-0.2, -0.15) is 13.4 Å². The van der Waals surface area contributed by atoms with Crippen molar-refractivity contribution >= 4 is 33.1 Å². The van der Waals surface area contributed by atoms with Crippen LogP contribution < -0.4 is 10.9 Å². The van der Waals surface area contributed by atoms with Crippen LogP contribution in [0.4, 0.5) is 5.95 Å². The standard InChI is InChI=1S/C25H25N5O7S/c1-15-7-9-17(10-8-15)38(34,35)36-13-19-18(31)12-21(37-19)30-14-26-22-23(30)28-25(29-24(22)33)27-20(32)11-16-5-3-2-4-6-16/h2-10,14,18-19,21,31H,11-13H2,1H3,(H2,27,28,29,32,33)/t18-,19+,21+/m0/s1. The first-order valence-electron chi connectivity index (χ1n) is 11.8. The predicted molar refractivity (Wildman–Crippen MR) is 136 cm³/mol. The minimum Gasteiger partial charge on any atom is -0.390 e. The largest absolute Gasteiger partial charge is 0.390 e. The number of aliphatic hydroxyl groups excluding tert-OH is 1. The molecule has 2 aromatic heterocycles. The fourth-order valence-corrected chi connectivity index (χ4v) is 5.04. The number of fused-ring (bicyclic) bond motifs is 1. The van der Waals surface area contributed by atoms with Gasteiger partial charge in [-0.1, -0.05) is 48.0 Å². The van der Waals surface area contributed by atoms with Gasteiger partial charge in [0.25, 0.3) is 15.7 Å². The van der Waals surface area contributed by atoms with E-state index in [-0.39, 0.29) is 40.8 Å². The van der Waals surface area contributed by atoms with E-state index in [1.165, 1.54) is 23.0 Å². The average molecular weight is 540 g/mol. The molecular formula is C25H25N5O7S. The molecule has 198 valence electrons. The van der Waals surface area contributed by atoms with E-state index in [0.29, 0.717) is 0 Å². The van der Waals surface area contributed by atoms with Gasteiger partial charge < -0.3 is 9.84 Å². The Labute approximate surface area is 217 Å². The molecule has 0 bridgehead atoms. The van der Waals surface area contributed by atoms with Crippen LogP contribution in [0.2, 0.25) is 0 Å². The molecular weight excluding hydrogens is 514 g/mol. The Bertz CT molecular complexity index is 1620. The van der Waals surface area contributed by atoms with Crippen molar-refractivity contribution in [3.63, 3.8) is 0 Å². The normalized spacial score (nSPS) is 19.6. The summed E-state index contributed by atoms with van der Waals surface area (Å²) in [5, 5.41) is 13.1. The van der Waals surface area contributed by atoms with Gasteiger partial charge in [-0.05, 0) is 24.6 Å². The predicted octanol–water partition coefficient (Wildman–Crippen LogP) is 1.66. The third-order valence-corrected chi connectivity index (χ3v) is 7.41. The summed E-state index contributed by atoms with van der Waals surface area (Å²) in [6, 6.07) is 15.3. The van der Waals surface area contributed by atoms with Gasteiger partial charge in [-0.15, -0.1) is 0 Å². The number of carbonyl (C=O) groups excluding carboxylic acids is 1. The highest BCUT2D eigenvalue weighted by atomic mass is 32.2. The maximum Gasteiger partial charge on any atom is 0.297 e. The van der Waals surface area contributed by atoms with Gasteiger partial charge in [-0.3, -0.25) is 28.6 Å². The van der Waals surface area contributed by atoms with Crippen LogP contribution in [0.15, 0.2) is 70.6 Å². The summed E-state index contributed by atoms with van der Waals surface area (Å²) in [5.74, 6) is -0.433. The zero-order valence-corrected chi connectivity index (χ0v) is 21.1. The molecule has 3 N–H and O–H groups in total. The molecule has 1 fully saturated rings. The van der Waals surface area contributed by atoms with Gasteiger partial charge in [0.15, 0.2) is 11.2 Å². The van der Waals surface area contributed by atoms with Crippen LogP contribution in [-0.2, 0) is 30.3 Å². The summed E-state index contributed by atoms with van der Waals surface area (Å²) >= 11 is 0. The molecule has 12 nitrogen and oxygen atoms in total. The smallest absolute Gasteiger partial charge is 0.297 e. The van der Waals surface area contributed by atoms with Crippen molar-refractivity contribution in [3.8, 4) is 0 Å².